The second-order valence-electron chi connectivity index (χ2n) is 4.14. The normalized spacial score (nSPS) is 12.9. The lowest BCUT2D eigenvalue weighted by molar-refractivity contribution is -0.125. The first-order valence-corrected chi connectivity index (χ1v) is 7.56. The van der Waals surface area contributed by atoms with E-state index in [4.69, 9.17) is 5.73 Å². The highest BCUT2D eigenvalue weighted by Crippen LogP contribution is 2.16. The van der Waals surface area contributed by atoms with Crippen LogP contribution in [-0.2, 0) is 14.6 Å². The van der Waals surface area contributed by atoms with Crippen LogP contribution in [0, 0.1) is 0 Å². The molecule has 6 nitrogen and oxygen atoms in total. The minimum absolute atomic E-state index is 0.0175. The first kappa shape index (κ1) is 15.5. The number of hydrogen-bond donors (Lipinski definition) is 3. The van der Waals surface area contributed by atoms with Crippen molar-refractivity contribution in [3.8, 4) is 0 Å². The van der Waals surface area contributed by atoms with E-state index in [0.717, 1.165) is 0 Å². The van der Waals surface area contributed by atoms with E-state index >= 15 is 0 Å². The molecule has 0 saturated heterocycles. The number of amides is 1. The topological polar surface area (TPSA) is 109 Å². The molecule has 0 bridgehead atoms. The molecule has 1 aromatic carbocycles. The molecule has 0 radical (unpaired) electrons. The van der Waals surface area contributed by atoms with Crippen molar-refractivity contribution in [1.82, 2.24) is 0 Å². The molecular formula is C12H18N2O4S. The van der Waals surface area contributed by atoms with Crippen LogP contribution in [0.15, 0.2) is 29.2 Å². The zero-order valence-electron chi connectivity index (χ0n) is 10.7. The SMILES string of the molecule is CCCS(=O)(=O)c1ccc(NCC(O)C(N)=O)cc1. The van der Waals surface area contributed by atoms with Crippen LogP contribution in [0.3, 0.4) is 0 Å². The van der Waals surface area contributed by atoms with Gasteiger partial charge in [0.25, 0.3) is 0 Å². The van der Waals surface area contributed by atoms with Crippen molar-refractivity contribution < 1.29 is 18.3 Å². The number of primary amides is 1. The molecule has 4 N–H and O–H groups in total. The molecule has 0 aromatic heterocycles. The fourth-order valence-corrected chi connectivity index (χ4v) is 2.81. The van der Waals surface area contributed by atoms with Gasteiger partial charge in [-0.3, -0.25) is 4.79 Å². The molecule has 0 heterocycles. The van der Waals surface area contributed by atoms with Crippen LogP contribution in [0.2, 0.25) is 0 Å². The predicted octanol–water partition coefficient (Wildman–Crippen LogP) is 0.128. The van der Waals surface area contributed by atoms with E-state index in [9.17, 15) is 18.3 Å². The van der Waals surface area contributed by atoms with Crippen LogP contribution in [0.25, 0.3) is 0 Å². The molecule has 1 rings (SSSR count). The highest BCUT2D eigenvalue weighted by molar-refractivity contribution is 7.91. The summed E-state index contributed by atoms with van der Waals surface area (Å²) in [4.78, 5) is 10.9. The summed E-state index contributed by atoms with van der Waals surface area (Å²) in [6.45, 7) is 1.79. The molecule has 1 atom stereocenters. The smallest absolute Gasteiger partial charge is 0.248 e. The number of nitrogens with two attached hydrogens (primary N) is 1. The summed E-state index contributed by atoms with van der Waals surface area (Å²) in [6.07, 6.45) is -0.712. The van der Waals surface area contributed by atoms with Crippen LogP contribution in [0.1, 0.15) is 13.3 Å². The van der Waals surface area contributed by atoms with Gasteiger partial charge in [-0.05, 0) is 30.7 Å². The maximum Gasteiger partial charge on any atom is 0.248 e. The molecule has 1 unspecified atom stereocenters. The van der Waals surface area contributed by atoms with Gasteiger partial charge in [0, 0.05) is 12.2 Å². The van der Waals surface area contributed by atoms with Crippen molar-refractivity contribution in [3.63, 3.8) is 0 Å². The average molecular weight is 286 g/mol. The number of rotatable bonds is 7. The zero-order valence-corrected chi connectivity index (χ0v) is 11.5. The molecule has 0 aliphatic heterocycles. The largest absolute Gasteiger partial charge is 0.382 e. The van der Waals surface area contributed by atoms with Gasteiger partial charge in [-0.1, -0.05) is 6.92 Å². The van der Waals surface area contributed by atoms with E-state index in [-0.39, 0.29) is 17.2 Å². The highest BCUT2D eigenvalue weighted by Gasteiger charge is 2.13. The Morgan fingerprint density at radius 3 is 2.42 bits per heavy atom. The Hall–Kier alpha value is -1.60. The van der Waals surface area contributed by atoms with Gasteiger partial charge >= 0.3 is 0 Å². The second kappa shape index (κ2) is 6.53. The Morgan fingerprint density at radius 1 is 1.37 bits per heavy atom. The number of aliphatic hydroxyl groups excluding tert-OH is 1. The predicted molar refractivity (Wildman–Crippen MR) is 72.5 cm³/mol. The third-order valence-electron chi connectivity index (χ3n) is 2.51. The summed E-state index contributed by atoms with van der Waals surface area (Å²) in [6, 6.07) is 6.14. The van der Waals surface area contributed by atoms with Gasteiger partial charge in [-0.25, -0.2) is 8.42 Å². The van der Waals surface area contributed by atoms with Crippen molar-refractivity contribution in [2.75, 3.05) is 17.6 Å². The Labute approximate surface area is 112 Å². The number of carbonyl (C=O) groups is 1. The molecule has 0 spiro atoms. The first-order valence-electron chi connectivity index (χ1n) is 5.91. The summed E-state index contributed by atoms with van der Waals surface area (Å²) in [5.74, 6) is -0.699. The van der Waals surface area contributed by atoms with E-state index in [1.54, 1.807) is 19.1 Å². The summed E-state index contributed by atoms with van der Waals surface area (Å²) in [5, 5.41) is 12.0. The van der Waals surface area contributed by atoms with Crippen LogP contribution in [0.5, 0.6) is 0 Å². The average Bonchev–Trinajstić information content (AvgIpc) is 2.36. The third kappa shape index (κ3) is 4.53. The number of aliphatic hydroxyl groups is 1. The fourth-order valence-electron chi connectivity index (χ4n) is 1.48. The summed E-state index contributed by atoms with van der Waals surface area (Å²) >= 11 is 0. The van der Waals surface area contributed by atoms with E-state index in [2.05, 4.69) is 5.32 Å². The van der Waals surface area contributed by atoms with Crippen molar-refractivity contribution in [1.29, 1.82) is 0 Å². The fraction of sp³-hybridized carbons (Fsp3) is 0.417. The minimum atomic E-state index is -3.22. The lowest BCUT2D eigenvalue weighted by Crippen LogP contribution is -2.34. The zero-order chi connectivity index (χ0) is 14.5. The standard InChI is InChI=1S/C12H18N2O4S/c1-2-7-19(17,18)10-5-3-9(4-6-10)14-8-11(15)12(13)16/h3-6,11,14-15H,2,7-8H2,1H3,(H2,13,16). The molecule has 7 heteroatoms. The van der Waals surface area contributed by atoms with Gasteiger partial charge in [0.05, 0.1) is 10.6 Å². The van der Waals surface area contributed by atoms with Gasteiger partial charge in [-0.2, -0.15) is 0 Å². The molecule has 19 heavy (non-hydrogen) atoms. The third-order valence-corrected chi connectivity index (χ3v) is 4.45. The molecule has 0 saturated carbocycles. The van der Waals surface area contributed by atoms with Gasteiger partial charge in [0.1, 0.15) is 6.10 Å². The monoisotopic (exact) mass is 286 g/mol. The molecule has 0 aliphatic rings. The van der Waals surface area contributed by atoms with Crippen LogP contribution < -0.4 is 11.1 Å². The van der Waals surface area contributed by atoms with E-state index < -0.39 is 21.8 Å². The van der Waals surface area contributed by atoms with Crippen molar-refractivity contribution >= 4 is 21.4 Å². The van der Waals surface area contributed by atoms with Gasteiger partial charge in [0.2, 0.25) is 5.91 Å². The van der Waals surface area contributed by atoms with E-state index in [1.807, 2.05) is 0 Å². The van der Waals surface area contributed by atoms with Crippen molar-refractivity contribution in [3.05, 3.63) is 24.3 Å². The molecule has 1 amide bonds. The Balaban J connectivity index is 2.69. The molecule has 1 aromatic rings. The lowest BCUT2D eigenvalue weighted by Gasteiger charge is -2.10. The molecular weight excluding hydrogens is 268 g/mol. The number of sulfone groups is 1. The Bertz CT molecular complexity index is 525. The molecule has 0 fully saturated rings. The van der Waals surface area contributed by atoms with Crippen LogP contribution >= 0.6 is 0 Å². The Kier molecular flexibility index (Phi) is 5.31. The Morgan fingerprint density at radius 2 is 1.95 bits per heavy atom. The summed E-state index contributed by atoms with van der Waals surface area (Å²) in [7, 11) is -3.22. The van der Waals surface area contributed by atoms with Crippen molar-refractivity contribution in [2.24, 2.45) is 5.73 Å². The number of hydrogen-bond acceptors (Lipinski definition) is 5. The van der Waals surface area contributed by atoms with Crippen molar-refractivity contribution in [2.45, 2.75) is 24.3 Å². The van der Waals surface area contributed by atoms with Gasteiger partial charge < -0.3 is 16.2 Å². The first-order chi connectivity index (χ1) is 8.86. The maximum absolute atomic E-state index is 11.8. The molecule has 106 valence electrons. The minimum Gasteiger partial charge on any atom is -0.382 e. The maximum atomic E-state index is 11.8. The quantitative estimate of drug-likeness (QED) is 0.660. The number of benzene rings is 1. The van der Waals surface area contributed by atoms with Gasteiger partial charge in [-0.15, -0.1) is 0 Å². The lowest BCUT2D eigenvalue weighted by atomic mass is 10.3. The summed E-state index contributed by atoms with van der Waals surface area (Å²) < 4.78 is 23.6. The van der Waals surface area contributed by atoms with Crippen LogP contribution in [-0.4, -0.2) is 37.8 Å². The van der Waals surface area contributed by atoms with Crippen LogP contribution in [0.4, 0.5) is 5.69 Å². The van der Waals surface area contributed by atoms with E-state index in [1.165, 1.54) is 12.1 Å². The second-order valence-corrected chi connectivity index (χ2v) is 6.25. The summed E-state index contributed by atoms with van der Waals surface area (Å²) in [5.41, 5.74) is 5.51. The number of anilines is 1. The van der Waals surface area contributed by atoms with E-state index in [0.29, 0.717) is 12.1 Å². The molecule has 0 aliphatic carbocycles. The van der Waals surface area contributed by atoms with Gasteiger partial charge in [0.15, 0.2) is 9.84 Å². The highest BCUT2D eigenvalue weighted by atomic mass is 32.2. The number of nitrogens with one attached hydrogen (secondary N) is 1. The number of carbonyl (C=O) groups excluding carboxylic acids is 1.